The van der Waals surface area contributed by atoms with Crippen LogP contribution in [0.15, 0.2) is 64.7 Å². The van der Waals surface area contributed by atoms with Gasteiger partial charge in [0.15, 0.2) is 0 Å². The van der Waals surface area contributed by atoms with Crippen LogP contribution in [0, 0.1) is 13.8 Å². The number of esters is 1. The molecule has 2 heterocycles. The average molecular weight is 541 g/mol. The molecule has 204 valence electrons. The van der Waals surface area contributed by atoms with E-state index < -0.39 is 22.0 Å². The van der Waals surface area contributed by atoms with Gasteiger partial charge in [-0.1, -0.05) is 47.5 Å². The summed E-state index contributed by atoms with van der Waals surface area (Å²) in [4.78, 5) is 30.0. The first kappa shape index (κ1) is 27.8. The Morgan fingerprint density at radius 3 is 2.42 bits per heavy atom. The first-order valence-electron chi connectivity index (χ1n) is 12.8. The molecule has 0 aliphatic carbocycles. The molecule has 0 bridgehead atoms. The third-order valence-electron chi connectivity index (χ3n) is 7.10. The molecule has 0 radical (unpaired) electrons. The summed E-state index contributed by atoms with van der Waals surface area (Å²) in [5, 5.41) is 2.95. The zero-order valence-electron chi connectivity index (χ0n) is 22.6. The Hall–Kier alpha value is -3.21. The first-order chi connectivity index (χ1) is 18.0. The number of sulfonamides is 1. The minimum Gasteiger partial charge on any atom is -0.463 e. The lowest BCUT2D eigenvalue weighted by Gasteiger charge is -2.41. The van der Waals surface area contributed by atoms with Crippen molar-refractivity contribution < 1.29 is 22.7 Å². The number of urea groups is 1. The molecule has 2 aromatic rings. The Morgan fingerprint density at radius 1 is 1.08 bits per heavy atom. The van der Waals surface area contributed by atoms with Gasteiger partial charge in [-0.15, -0.1) is 0 Å². The van der Waals surface area contributed by atoms with Crippen LogP contribution in [0.3, 0.4) is 0 Å². The van der Waals surface area contributed by atoms with Gasteiger partial charge >= 0.3 is 12.0 Å². The van der Waals surface area contributed by atoms with Crippen molar-refractivity contribution in [2.24, 2.45) is 0 Å². The smallest absolute Gasteiger partial charge is 0.338 e. The van der Waals surface area contributed by atoms with Crippen LogP contribution in [0.1, 0.15) is 36.6 Å². The molecule has 1 saturated heterocycles. The lowest BCUT2D eigenvalue weighted by molar-refractivity contribution is -0.139. The Labute approximate surface area is 225 Å². The fourth-order valence-corrected chi connectivity index (χ4v) is 6.69. The van der Waals surface area contributed by atoms with Crippen molar-refractivity contribution >= 4 is 22.0 Å². The molecule has 0 spiro atoms. The van der Waals surface area contributed by atoms with E-state index >= 15 is 0 Å². The van der Waals surface area contributed by atoms with Crippen LogP contribution in [0.25, 0.3) is 0 Å². The number of nitrogens with one attached hydrogen (secondary N) is 1. The molecule has 2 aliphatic heterocycles. The summed E-state index contributed by atoms with van der Waals surface area (Å²) in [5.74, 6) is -0.477. The van der Waals surface area contributed by atoms with Gasteiger partial charge in [0.25, 0.3) is 0 Å². The number of ether oxygens (including phenoxy) is 1. The van der Waals surface area contributed by atoms with Crippen LogP contribution in [0.2, 0.25) is 0 Å². The molecule has 38 heavy (non-hydrogen) atoms. The van der Waals surface area contributed by atoms with Gasteiger partial charge in [-0.25, -0.2) is 18.0 Å². The van der Waals surface area contributed by atoms with Crippen LogP contribution in [-0.4, -0.2) is 80.4 Å². The summed E-state index contributed by atoms with van der Waals surface area (Å²) in [7, 11) is -2.00. The van der Waals surface area contributed by atoms with Crippen molar-refractivity contribution in [2.45, 2.75) is 44.7 Å². The van der Waals surface area contributed by atoms with E-state index in [4.69, 9.17) is 4.74 Å². The summed E-state index contributed by atoms with van der Waals surface area (Å²) in [6.07, 6.45) is 0. The van der Waals surface area contributed by atoms with Crippen molar-refractivity contribution in [3.63, 3.8) is 0 Å². The number of likely N-dealkylation sites (N-methyl/N-ethyl adjacent to an activating group) is 1. The van der Waals surface area contributed by atoms with Gasteiger partial charge in [0.2, 0.25) is 10.0 Å². The van der Waals surface area contributed by atoms with E-state index in [-0.39, 0.29) is 23.6 Å². The monoisotopic (exact) mass is 540 g/mol. The Morgan fingerprint density at radius 2 is 1.79 bits per heavy atom. The average Bonchev–Trinajstić information content (AvgIpc) is 2.87. The molecule has 10 heteroatoms. The van der Waals surface area contributed by atoms with Crippen LogP contribution >= 0.6 is 0 Å². The topological polar surface area (TPSA) is 99.3 Å². The van der Waals surface area contributed by atoms with Crippen molar-refractivity contribution in [1.82, 2.24) is 19.4 Å². The molecule has 2 amide bonds. The normalized spacial score (nSPS) is 21.4. The standard InChI is InChI=1S/C28H36N4O5S/c1-6-37-27(33)25-24(30(5)28(34)29-26(25)22-9-7-8-20(3)16-22)18-31-14-15-32(21(4)17-31)38(35,36)23-12-10-19(2)11-13-23/h7-13,16,21,26H,6,14-15,17-18H2,1-5H3,(H,29,34). The number of amides is 2. The largest absolute Gasteiger partial charge is 0.463 e. The predicted molar refractivity (Wildman–Crippen MR) is 145 cm³/mol. The molecule has 0 saturated carbocycles. The number of benzene rings is 2. The molecule has 2 unspecified atom stereocenters. The summed E-state index contributed by atoms with van der Waals surface area (Å²) in [6.45, 7) is 9.24. The number of carbonyl (C=O) groups excluding carboxylic acids is 2. The van der Waals surface area contributed by atoms with Crippen LogP contribution in [-0.2, 0) is 19.6 Å². The molecule has 1 fully saturated rings. The lowest BCUT2D eigenvalue weighted by atomic mass is 9.93. The van der Waals surface area contributed by atoms with Crippen LogP contribution in [0.4, 0.5) is 4.79 Å². The van der Waals surface area contributed by atoms with E-state index in [1.54, 1.807) is 38.2 Å². The molecular formula is C28H36N4O5S. The maximum atomic E-state index is 13.3. The van der Waals surface area contributed by atoms with E-state index in [2.05, 4.69) is 10.2 Å². The van der Waals surface area contributed by atoms with Gasteiger partial charge in [0.05, 0.1) is 23.1 Å². The zero-order chi connectivity index (χ0) is 27.6. The van der Waals surface area contributed by atoms with Crippen molar-refractivity contribution in [3.05, 3.63) is 76.5 Å². The molecular weight excluding hydrogens is 504 g/mol. The number of hydrogen-bond donors (Lipinski definition) is 1. The van der Waals surface area contributed by atoms with Gasteiger partial charge in [-0.05, 0) is 45.4 Å². The maximum Gasteiger partial charge on any atom is 0.338 e. The number of rotatable bonds is 7. The Balaban J connectivity index is 1.62. The van der Waals surface area contributed by atoms with Gasteiger partial charge < -0.3 is 10.1 Å². The van der Waals surface area contributed by atoms with Crippen molar-refractivity contribution in [2.75, 3.05) is 39.8 Å². The second-order valence-electron chi connectivity index (χ2n) is 9.95. The van der Waals surface area contributed by atoms with E-state index in [0.29, 0.717) is 37.4 Å². The minimum absolute atomic E-state index is 0.209. The third kappa shape index (κ3) is 5.62. The lowest BCUT2D eigenvalue weighted by Crippen LogP contribution is -2.56. The number of hydrogen-bond acceptors (Lipinski definition) is 6. The van der Waals surface area contributed by atoms with Crippen LogP contribution < -0.4 is 5.32 Å². The van der Waals surface area contributed by atoms with Gasteiger partial charge in [-0.3, -0.25) is 9.80 Å². The molecule has 0 aromatic heterocycles. The number of nitrogens with zero attached hydrogens (tertiary/aromatic N) is 3. The maximum absolute atomic E-state index is 13.3. The van der Waals surface area contributed by atoms with E-state index in [0.717, 1.165) is 16.7 Å². The fourth-order valence-electron chi connectivity index (χ4n) is 5.07. The highest BCUT2D eigenvalue weighted by Gasteiger charge is 2.39. The summed E-state index contributed by atoms with van der Waals surface area (Å²) >= 11 is 0. The predicted octanol–water partition coefficient (Wildman–Crippen LogP) is 3.21. The van der Waals surface area contributed by atoms with E-state index in [1.165, 1.54) is 9.21 Å². The second kappa shape index (κ2) is 11.3. The van der Waals surface area contributed by atoms with Gasteiger partial charge in [-0.2, -0.15) is 4.31 Å². The summed E-state index contributed by atoms with van der Waals surface area (Å²) < 4.78 is 33.6. The second-order valence-corrected chi connectivity index (χ2v) is 11.8. The van der Waals surface area contributed by atoms with Crippen molar-refractivity contribution in [3.8, 4) is 0 Å². The molecule has 2 aromatic carbocycles. The quantitative estimate of drug-likeness (QED) is 0.542. The number of piperazine rings is 1. The van der Waals surface area contributed by atoms with E-state index in [1.807, 2.05) is 45.0 Å². The van der Waals surface area contributed by atoms with Crippen molar-refractivity contribution in [1.29, 1.82) is 0 Å². The highest BCUT2D eigenvalue weighted by atomic mass is 32.2. The minimum atomic E-state index is -3.64. The number of aryl methyl sites for hydroxylation is 2. The highest BCUT2D eigenvalue weighted by Crippen LogP contribution is 2.32. The fraction of sp³-hybridized carbons (Fsp3) is 0.429. The third-order valence-corrected chi connectivity index (χ3v) is 9.13. The molecule has 1 N–H and O–H groups in total. The van der Waals surface area contributed by atoms with E-state index in [9.17, 15) is 18.0 Å². The Kier molecular flexibility index (Phi) is 8.25. The molecule has 4 rings (SSSR count). The Bertz CT molecular complexity index is 1340. The summed E-state index contributed by atoms with van der Waals surface area (Å²) in [5.41, 5.74) is 3.76. The first-order valence-corrected chi connectivity index (χ1v) is 14.3. The molecule has 2 aliphatic rings. The van der Waals surface area contributed by atoms with Gasteiger partial charge in [0, 0.05) is 45.0 Å². The molecule has 2 atom stereocenters. The van der Waals surface area contributed by atoms with Gasteiger partial charge in [0.1, 0.15) is 0 Å². The zero-order valence-corrected chi connectivity index (χ0v) is 23.4. The highest BCUT2D eigenvalue weighted by molar-refractivity contribution is 7.89. The molecule has 9 nitrogen and oxygen atoms in total. The SMILES string of the molecule is CCOC(=O)C1=C(CN2CCN(S(=O)(=O)c3ccc(C)cc3)C(C)C2)N(C)C(=O)NC1c1cccc(C)c1. The number of carbonyl (C=O) groups is 2. The van der Waals surface area contributed by atoms with Crippen LogP contribution in [0.5, 0.6) is 0 Å². The summed E-state index contributed by atoms with van der Waals surface area (Å²) in [6, 6.07) is 13.3.